The number of ketones is 1. The molecule has 0 aliphatic rings. The van der Waals surface area contributed by atoms with Crippen molar-refractivity contribution in [1.82, 2.24) is 0 Å². The zero-order valence-corrected chi connectivity index (χ0v) is 7.17. The van der Waals surface area contributed by atoms with Gasteiger partial charge in [-0.1, -0.05) is 0 Å². The van der Waals surface area contributed by atoms with E-state index in [0.717, 1.165) is 0 Å². The van der Waals surface area contributed by atoms with Crippen LogP contribution < -0.4 is 0 Å². The number of aliphatic carboxylic acids is 1. The van der Waals surface area contributed by atoms with Crippen molar-refractivity contribution in [2.45, 2.75) is 6.92 Å². The van der Waals surface area contributed by atoms with Crippen LogP contribution in [0.15, 0.2) is 12.1 Å². The Labute approximate surface area is 78.0 Å². The summed E-state index contributed by atoms with van der Waals surface area (Å²) in [6, 6.07) is 1.41. The van der Waals surface area contributed by atoms with Gasteiger partial charge in [0.2, 0.25) is 0 Å². The van der Waals surface area contributed by atoms with Crippen molar-refractivity contribution >= 4 is 11.8 Å². The van der Waals surface area contributed by atoms with Gasteiger partial charge < -0.3 is 5.11 Å². The highest BCUT2D eigenvalue weighted by Crippen LogP contribution is 2.14. The second-order valence-corrected chi connectivity index (χ2v) is 2.70. The molecule has 0 atom stereocenters. The van der Waals surface area contributed by atoms with Crippen molar-refractivity contribution in [2.75, 3.05) is 0 Å². The molecule has 0 bridgehead atoms. The van der Waals surface area contributed by atoms with Gasteiger partial charge in [-0.3, -0.25) is 4.79 Å². The minimum absolute atomic E-state index is 0.244. The summed E-state index contributed by atoms with van der Waals surface area (Å²) in [4.78, 5) is 21.0. The van der Waals surface area contributed by atoms with E-state index in [2.05, 4.69) is 0 Å². The van der Waals surface area contributed by atoms with Crippen LogP contribution in [0.4, 0.5) is 8.78 Å². The van der Waals surface area contributed by atoms with Crippen LogP contribution in [0.3, 0.4) is 0 Å². The number of rotatable bonds is 2. The molecule has 1 aromatic carbocycles. The topological polar surface area (TPSA) is 54.4 Å². The maximum absolute atomic E-state index is 12.9. The number of benzene rings is 1. The molecule has 74 valence electrons. The molecule has 0 amide bonds. The molecular weight excluding hydrogens is 194 g/mol. The highest BCUT2D eigenvalue weighted by Gasteiger charge is 2.17. The number of halogens is 2. The molecule has 0 saturated carbocycles. The maximum atomic E-state index is 12.9. The van der Waals surface area contributed by atoms with Crippen LogP contribution in [-0.4, -0.2) is 16.9 Å². The highest BCUT2D eigenvalue weighted by atomic mass is 19.1. The molecule has 3 nitrogen and oxygen atoms in total. The van der Waals surface area contributed by atoms with Gasteiger partial charge in [0.1, 0.15) is 11.6 Å². The summed E-state index contributed by atoms with van der Waals surface area (Å²) in [5.41, 5.74) is -0.745. The molecule has 1 rings (SSSR count). The van der Waals surface area contributed by atoms with Crippen molar-refractivity contribution in [3.05, 3.63) is 34.9 Å². The Kier molecular flexibility index (Phi) is 2.60. The first-order chi connectivity index (χ1) is 6.43. The molecule has 0 fully saturated rings. The molecule has 0 unspecified atom stereocenters. The lowest BCUT2D eigenvalue weighted by Crippen LogP contribution is -2.13. The third kappa shape index (κ3) is 1.76. The maximum Gasteiger partial charge on any atom is 0.377 e. The predicted octanol–water partition coefficient (Wildman–Crippen LogP) is 1.54. The average molecular weight is 200 g/mol. The summed E-state index contributed by atoms with van der Waals surface area (Å²) in [5.74, 6) is -4.94. The zero-order chi connectivity index (χ0) is 10.9. The lowest BCUT2D eigenvalue weighted by atomic mass is 10.1. The molecule has 1 N–H and O–H groups in total. The fourth-order valence-corrected chi connectivity index (χ4v) is 0.900. The largest absolute Gasteiger partial charge is 0.475 e. The number of Topliss-reactive ketones (excluding diaryl/α,β-unsaturated/α-hetero) is 1. The van der Waals surface area contributed by atoms with Gasteiger partial charge in [0.15, 0.2) is 0 Å². The van der Waals surface area contributed by atoms with Crippen molar-refractivity contribution in [2.24, 2.45) is 0 Å². The van der Waals surface area contributed by atoms with Crippen LogP contribution in [0.2, 0.25) is 0 Å². The van der Waals surface area contributed by atoms with Crippen LogP contribution >= 0.6 is 0 Å². The molecule has 0 radical (unpaired) electrons. The Morgan fingerprint density at radius 3 is 2.00 bits per heavy atom. The molecule has 0 heterocycles. The van der Waals surface area contributed by atoms with E-state index < -0.39 is 29.0 Å². The molecule has 0 aliphatic carbocycles. The van der Waals surface area contributed by atoms with Gasteiger partial charge in [-0.2, -0.15) is 0 Å². The highest BCUT2D eigenvalue weighted by molar-refractivity contribution is 6.39. The van der Waals surface area contributed by atoms with Crippen molar-refractivity contribution in [3.63, 3.8) is 0 Å². The Morgan fingerprint density at radius 2 is 1.64 bits per heavy atom. The Balaban J connectivity index is 3.26. The SMILES string of the molecule is Cc1c(F)cc(C(=O)C(=O)O)cc1F. The first-order valence-corrected chi connectivity index (χ1v) is 3.66. The molecule has 14 heavy (non-hydrogen) atoms. The summed E-state index contributed by atoms with van der Waals surface area (Å²) in [5, 5.41) is 8.29. The summed E-state index contributed by atoms with van der Waals surface area (Å²) < 4.78 is 25.8. The van der Waals surface area contributed by atoms with Crippen molar-refractivity contribution in [3.8, 4) is 0 Å². The van der Waals surface area contributed by atoms with E-state index in [-0.39, 0.29) is 5.56 Å². The second kappa shape index (κ2) is 3.53. The zero-order valence-electron chi connectivity index (χ0n) is 7.17. The first kappa shape index (κ1) is 10.3. The smallest absolute Gasteiger partial charge is 0.377 e. The van der Waals surface area contributed by atoms with E-state index in [9.17, 15) is 18.4 Å². The molecule has 5 heteroatoms. The van der Waals surface area contributed by atoms with Gasteiger partial charge in [-0.25, -0.2) is 13.6 Å². The quantitative estimate of drug-likeness (QED) is 0.582. The summed E-state index contributed by atoms with van der Waals surface area (Å²) in [6.07, 6.45) is 0. The number of carboxylic acids is 1. The van der Waals surface area contributed by atoms with Gasteiger partial charge in [0.05, 0.1) is 0 Å². The minimum atomic E-state index is -1.74. The van der Waals surface area contributed by atoms with Crippen LogP contribution in [-0.2, 0) is 4.79 Å². The van der Waals surface area contributed by atoms with Crippen molar-refractivity contribution in [1.29, 1.82) is 0 Å². The fraction of sp³-hybridized carbons (Fsp3) is 0.111. The summed E-state index contributed by atoms with van der Waals surface area (Å²) >= 11 is 0. The number of carbonyl (C=O) groups excluding carboxylic acids is 1. The molecule has 0 aliphatic heterocycles. The van der Waals surface area contributed by atoms with Gasteiger partial charge in [-0.05, 0) is 19.1 Å². The number of carboxylic acid groups (broad SMARTS) is 1. The number of carbonyl (C=O) groups is 2. The van der Waals surface area contributed by atoms with Crippen LogP contribution in [0.1, 0.15) is 15.9 Å². The van der Waals surface area contributed by atoms with Crippen LogP contribution in [0.25, 0.3) is 0 Å². The first-order valence-electron chi connectivity index (χ1n) is 3.66. The Morgan fingerprint density at radius 1 is 1.21 bits per heavy atom. The molecule has 1 aromatic rings. The van der Waals surface area contributed by atoms with Crippen LogP contribution in [0.5, 0.6) is 0 Å². The van der Waals surface area contributed by atoms with Gasteiger partial charge in [0, 0.05) is 11.1 Å². The van der Waals surface area contributed by atoms with Crippen LogP contribution in [0, 0.1) is 18.6 Å². The standard InChI is InChI=1S/C9H6F2O3/c1-4-6(10)2-5(3-7(4)11)8(12)9(13)14/h2-3H,1H3,(H,13,14). The minimum Gasteiger partial charge on any atom is -0.475 e. The average Bonchev–Trinajstić information content (AvgIpc) is 2.12. The molecule has 0 saturated heterocycles. The van der Waals surface area contributed by atoms with E-state index in [1.54, 1.807) is 0 Å². The monoisotopic (exact) mass is 200 g/mol. The van der Waals surface area contributed by atoms with Gasteiger partial charge in [-0.15, -0.1) is 0 Å². The fourth-order valence-electron chi connectivity index (χ4n) is 0.900. The van der Waals surface area contributed by atoms with E-state index in [4.69, 9.17) is 5.11 Å². The lowest BCUT2D eigenvalue weighted by molar-refractivity contribution is -0.131. The third-order valence-electron chi connectivity index (χ3n) is 1.74. The van der Waals surface area contributed by atoms with E-state index in [1.165, 1.54) is 6.92 Å². The van der Waals surface area contributed by atoms with E-state index >= 15 is 0 Å². The number of hydrogen-bond donors (Lipinski definition) is 1. The Hall–Kier alpha value is -1.78. The van der Waals surface area contributed by atoms with E-state index in [0.29, 0.717) is 12.1 Å². The van der Waals surface area contributed by atoms with Gasteiger partial charge >= 0.3 is 5.97 Å². The van der Waals surface area contributed by atoms with Gasteiger partial charge in [0.25, 0.3) is 5.78 Å². The summed E-state index contributed by atoms with van der Waals surface area (Å²) in [7, 11) is 0. The Bertz CT molecular complexity index is 390. The molecular formula is C9H6F2O3. The lowest BCUT2D eigenvalue weighted by Gasteiger charge is -2.01. The number of hydrogen-bond acceptors (Lipinski definition) is 2. The normalized spacial score (nSPS) is 9.93. The molecule has 0 aromatic heterocycles. The summed E-state index contributed by atoms with van der Waals surface area (Å²) in [6.45, 7) is 1.19. The third-order valence-corrected chi connectivity index (χ3v) is 1.74. The molecule has 0 spiro atoms. The predicted molar refractivity (Wildman–Crippen MR) is 43.1 cm³/mol. The van der Waals surface area contributed by atoms with Crippen molar-refractivity contribution < 1.29 is 23.5 Å². The van der Waals surface area contributed by atoms with E-state index in [1.807, 2.05) is 0 Å². The second-order valence-electron chi connectivity index (χ2n) is 2.70.